The van der Waals surface area contributed by atoms with Crippen molar-refractivity contribution in [1.82, 2.24) is 14.8 Å². The minimum Gasteiger partial charge on any atom is -0.325 e. The van der Waals surface area contributed by atoms with Crippen molar-refractivity contribution in [3.05, 3.63) is 39.2 Å². The molecule has 1 saturated carbocycles. The Morgan fingerprint density at radius 3 is 2.81 bits per heavy atom. The molecule has 1 aromatic carbocycles. The minimum absolute atomic E-state index is 0.0294. The molecule has 1 N–H and O–H groups in total. The van der Waals surface area contributed by atoms with E-state index in [2.05, 4.69) is 15.5 Å². The first-order valence-electron chi connectivity index (χ1n) is 8.71. The monoisotopic (exact) mass is 409 g/mol. The molecule has 0 saturated heterocycles. The van der Waals surface area contributed by atoms with Gasteiger partial charge >= 0.3 is 0 Å². The van der Waals surface area contributed by atoms with Gasteiger partial charge in [-0.3, -0.25) is 14.9 Å². The number of aromatic nitrogens is 3. The number of nitro benzene ring substituents is 1. The van der Waals surface area contributed by atoms with Gasteiger partial charge in [-0.05, 0) is 25.0 Å². The lowest BCUT2D eigenvalue weighted by Crippen LogP contribution is -2.15. The molecule has 1 aromatic heterocycles. The zero-order valence-corrected chi connectivity index (χ0v) is 16.4. The van der Waals surface area contributed by atoms with E-state index in [0.29, 0.717) is 16.8 Å². The third-order valence-electron chi connectivity index (χ3n) is 4.60. The van der Waals surface area contributed by atoms with Crippen molar-refractivity contribution in [3.63, 3.8) is 0 Å². The van der Waals surface area contributed by atoms with Crippen LogP contribution in [0.4, 0.5) is 11.4 Å². The topological polar surface area (TPSA) is 103 Å². The summed E-state index contributed by atoms with van der Waals surface area (Å²) in [6.07, 6.45) is 5.98. The van der Waals surface area contributed by atoms with Gasteiger partial charge in [0.1, 0.15) is 10.8 Å². The summed E-state index contributed by atoms with van der Waals surface area (Å²) in [5, 5.41) is 22.8. The Morgan fingerprint density at radius 1 is 1.37 bits per heavy atom. The van der Waals surface area contributed by atoms with Crippen LogP contribution in [0.25, 0.3) is 0 Å². The Morgan fingerprint density at radius 2 is 2.11 bits per heavy atom. The van der Waals surface area contributed by atoms with Crippen molar-refractivity contribution in [1.29, 1.82) is 0 Å². The summed E-state index contributed by atoms with van der Waals surface area (Å²) in [5.41, 5.74) is 0.0881. The maximum Gasteiger partial charge on any atom is 0.289 e. The minimum atomic E-state index is -0.584. The molecule has 0 bridgehead atoms. The fourth-order valence-electron chi connectivity index (χ4n) is 3.23. The second-order valence-electron chi connectivity index (χ2n) is 6.49. The quantitative estimate of drug-likeness (QED) is 0.436. The zero-order valence-electron chi connectivity index (χ0n) is 14.9. The summed E-state index contributed by atoms with van der Waals surface area (Å²) < 4.78 is 1.96. The number of thioether (sulfide) groups is 1. The number of rotatable bonds is 6. The van der Waals surface area contributed by atoms with Crippen molar-refractivity contribution < 1.29 is 9.72 Å². The summed E-state index contributed by atoms with van der Waals surface area (Å²) in [5.74, 6) is 1.27. The van der Waals surface area contributed by atoms with Crippen LogP contribution >= 0.6 is 23.4 Å². The molecule has 0 atom stereocenters. The van der Waals surface area contributed by atoms with Gasteiger partial charge in [0.25, 0.3) is 5.69 Å². The fraction of sp³-hybridized carbons (Fsp3) is 0.471. The summed E-state index contributed by atoms with van der Waals surface area (Å²) in [7, 11) is 1.92. The molecule has 1 fully saturated rings. The van der Waals surface area contributed by atoms with E-state index < -0.39 is 4.92 Å². The summed E-state index contributed by atoms with van der Waals surface area (Å²) >= 11 is 7.07. The van der Waals surface area contributed by atoms with Gasteiger partial charge in [0, 0.05) is 24.7 Å². The van der Waals surface area contributed by atoms with E-state index in [0.717, 1.165) is 18.7 Å². The molecule has 144 valence electrons. The van der Waals surface area contributed by atoms with Crippen LogP contribution in [-0.2, 0) is 11.8 Å². The number of benzene rings is 1. The Bertz CT molecular complexity index is 851. The van der Waals surface area contributed by atoms with Crippen molar-refractivity contribution in [3.8, 4) is 0 Å². The summed E-state index contributed by atoms with van der Waals surface area (Å²) in [6, 6.07) is 4.16. The van der Waals surface area contributed by atoms with Gasteiger partial charge in [-0.25, -0.2) is 0 Å². The Labute approximate surface area is 165 Å². The number of amides is 1. The second-order valence-corrected chi connectivity index (χ2v) is 7.84. The maximum absolute atomic E-state index is 12.2. The predicted octanol–water partition coefficient (Wildman–Crippen LogP) is 4.16. The first kappa shape index (κ1) is 19.6. The average Bonchev–Trinajstić information content (AvgIpc) is 3.02. The molecule has 1 heterocycles. The number of hydrogen-bond acceptors (Lipinski definition) is 6. The van der Waals surface area contributed by atoms with Gasteiger partial charge in [-0.2, -0.15) is 0 Å². The number of hydrogen-bond donors (Lipinski definition) is 1. The van der Waals surface area contributed by atoms with E-state index in [1.54, 1.807) is 0 Å². The summed E-state index contributed by atoms with van der Waals surface area (Å²) in [4.78, 5) is 22.5. The van der Waals surface area contributed by atoms with Crippen LogP contribution in [0.2, 0.25) is 5.02 Å². The number of anilines is 1. The van der Waals surface area contributed by atoms with Crippen molar-refractivity contribution in [2.24, 2.45) is 7.05 Å². The molecule has 1 aliphatic carbocycles. The van der Waals surface area contributed by atoms with E-state index in [9.17, 15) is 14.9 Å². The lowest BCUT2D eigenvalue weighted by Gasteiger charge is -2.20. The SMILES string of the molecule is Cn1c(SCC(=O)Nc2ccc(Cl)c([N+](=O)[O-])c2)nnc1C1CCCCC1. The molecule has 8 nitrogen and oxygen atoms in total. The number of nitro groups is 1. The highest BCUT2D eigenvalue weighted by atomic mass is 35.5. The van der Waals surface area contributed by atoms with Gasteiger partial charge in [0.2, 0.25) is 5.91 Å². The van der Waals surface area contributed by atoms with Crippen LogP contribution in [0.1, 0.15) is 43.8 Å². The molecule has 2 aromatic rings. The Kier molecular flexibility index (Phi) is 6.33. The molecule has 0 radical (unpaired) electrons. The highest BCUT2D eigenvalue weighted by Gasteiger charge is 2.22. The lowest BCUT2D eigenvalue weighted by molar-refractivity contribution is -0.384. The molecule has 0 aliphatic heterocycles. The molecular formula is C17H20ClN5O3S. The van der Waals surface area contributed by atoms with Crippen molar-refractivity contribution in [2.45, 2.75) is 43.2 Å². The van der Waals surface area contributed by atoms with Crippen LogP contribution in [0.15, 0.2) is 23.4 Å². The van der Waals surface area contributed by atoms with Crippen LogP contribution < -0.4 is 5.32 Å². The van der Waals surface area contributed by atoms with Gasteiger partial charge in [-0.1, -0.05) is 42.6 Å². The highest BCUT2D eigenvalue weighted by Crippen LogP contribution is 2.32. The van der Waals surface area contributed by atoms with Crippen LogP contribution in [0.3, 0.4) is 0 Å². The number of carbonyl (C=O) groups excluding carboxylic acids is 1. The van der Waals surface area contributed by atoms with E-state index in [4.69, 9.17) is 11.6 Å². The number of carbonyl (C=O) groups is 1. The van der Waals surface area contributed by atoms with Crippen LogP contribution in [-0.4, -0.2) is 31.3 Å². The predicted molar refractivity (Wildman–Crippen MR) is 104 cm³/mol. The largest absolute Gasteiger partial charge is 0.325 e. The molecule has 1 amide bonds. The third kappa shape index (κ3) is 4.78. The lowest BCUT2D eigenvalue weighted by atomic mass is 9.89. The second kappa shape index (κ2) is 8.71. The first-order chi connectivity index (χ1) is 13.0. The molecule has 3 rings (SSSR count). The van der Waals surface area contributed by atoms with Crippen molar-refractivity contribution >= 4 is 40.6 Å². The maximum atomic E-state index is 12.2. The first-order valence-corrected chi connectivity index (χ1v) is 10.1. The van der Waals surface area contributed by atoms with E-state index in [1.165, 1.54) is 49.2 Å². The molecule has 27 heavy (non-hydrogen) atoms. The third-order valence-corrected chi connectivity index (χ3v) is 5.94. The normalized spacial score (nSPS) is 14.9. The standard InChI is InChI=1S/C17H20ClN5O3S/c1-22-16(11-5-3-2-4-6-11)20-21-17(22)27-10-15(24)19-12-7-8-13(18)14(9-12)23(25)26/h7-9,11H,2-6,10H2,1H3,(H,19,24). The van der Waals surface area contributed by atoms with Gasteiger partial charge < -0.3 is 9.88 Å². The number of nitrogens with one attached hydrogen (secondary N) is 1. The van der Waals surface area contributed by atoms with Crippen LogP contribution in [0.5, 0.6) is 0 Å². The number of nitrogens with zero attached hydrogens (tertiary/aromatic N) is 4. The molecule has 10 heteroatoms. The fourth-order valence-corrected chi connectivity index (χ4v) is 4.13. The Balaban J connectivity index is 1.59. The molecule has 1 aliphatic rings. The summed E-state index contributed by atoms with van der Waals surface area (Å²) in [6.45, 7) is 0. The van der Waals surface area contributed by atoms with Gasteiger partial charge in [0.15, 0.2) is 5.16 Å². The van der Waals surface area contributed by atoms with Gasteiger partial charge in [0.05, 0.1) is 10.7 Å². The molecule has 0 unspecified atom stereocenters. The van der Waals surface area contributed by atoms with E-state index in [1.807, 2.05) is 11.6 Å². The number of halogens is 1. The zero-order chi connectivity index (χ0) is 19.4. The average molecular weight is 410 g/mol. The van der Waals surface area contributed by atoms with E-state index >= 15 is 0 Å². The van der Waals surface area contributed by atoms with E-state index in [-0.39, 0.29) is 22.4 Å². The van der Waals surface area contributed by atoms with Gasteiger partial charge in [-0.15, -0.1) is 10.2 Å². The van der Waals surface area contributed by atoms with Crippen molar-refractivity contribution in [2.75, 3.05) is 11.1 Å². The molecule has 0 spiro atoms. The highest BCUT2D eigenvalue weighted by molar-refractivity contribution is 7.99. The smallest absolute Gasteiger partial charge is 0.289 e. The van der Waals surface area contributed by atoms with Crippen LogP contribution in [0, 0.1) is 10.1 Å². The molecular weight excluding hydrogens is 390 g/mol. The Hall–Kier alpha value is -2.13.